The third kappa shape index (κ3) is 2.80. The Morgan fingerprint density at radius 3 is 2.60 bits per heavy atom. The van der Waals surface area contributed by atoms with Gasteiger partial charge in [-0.05, 0) is 37.7 Å². The van der Waals surface area contributed by atoms with Gasteiger partial charge in [0.05, 0.1) is 0 Å². The second-order valence-corrected chi connectivity index (χ2v) is 5.29. The van der Waals surface area contributed by atoms with Gasteiger partial charge in [-0.3, -0.25) is 4.79 Å². The van der Waals surface area contributed by atoms with Crippen LogP contribution in [0.5, 0.6) is 0 Å². The van der Waals surface area contributed by atoms with Crippen molar-refractivity contribution in [3.05, 3.63) is 23.3 Å². The van der Waals surface area contributed by atoms with Crippen LogP contribution in [0.2, 0.25) is 0 Å². The first-order valence-corrected chi connectivity index (χ1v) is 5.74. The minimum absolute atomic E-state index is 0.0423. The third-order valence-electron chi connectivity index (χ3n) is 3.43. The van der Waals surface area contributed by atoms with Gasteiger partial charge in [0.2, 0.25) is 0 Å². The largest absolute Gasteiger partial charge is 0.299 e. The van der Waals surface area contributed by atoms with Crippen LogP contribution in [-0.2, 0) is 4.79 Å². The summed E-state index contributed by atoms with van der Waals surface area (Å²) < 4.78 is 0. The van der Waals surface area contributed by atoms with Crippen molar-refractivity contribution in [1.82, 2.24) is 0 Å². The maximum atomic E-state index is 11.3. The summed E-state index contributed by atoms with van der Waals surface area (Å²) in [5, 5.41) is 0. The van der Waals surface area contributed by atoms with Crippen molar-refractivity contribution in [1.29, 1.82) is 0 Å². The molecular weight excluding hydrogens is 184 g/mol. The van der Waals surface area contributed by atoms with Crippen LogP contribution >= 0.6 is 0 Å². The maximum Gasteiger partial charge on any atom is 0.136 e. The summed E-state index contributed by atoms with van der Waals surface area (Å²) in [6, 6.07) is 0. The molecule has 1 unspecified atom stereocenters. The van der Waals surface area contributed by atoms with Crippen molar-refractivity contribution < 1.29 is 4.79 Å². The molecule has 1 heteroatoms. The number of hydrogen-bond donors (Lipinski definition) is 0. The Balaban J connectivity index is 3.03. The Hall–Kier alpha value is -0.850. The number of Topliss-reactive ketones (excluding diaryl/α,β-unsaturated/α-hetero) is 1. The highest BCUT2D eigenvalue weighted by Gasteiger charge is 2.27. The molecule has 0 fully saturated rings. The molecule has 15 heavy (non-hydrogen) atoms. The number of ketones is 1. The van der Waals surface area contributed by atoms with Crippen LogP contribution in [0.4, 0.5) is 0 Å². The number of rotatable bonds is 2. The molecule has 0 aromatic carbocycles. The third-order valence-corrected chi connectivity index (χ3v) is 3.43. The molecule has 0 saturated heterocycles. The van der Waals surface area contributed by atoms with Crippen LogP contribution < -0.4 is 0 Å². The van der Waals surface area contributed by atoms with Gasteiger partial charge < -0.3 is 0 Å². The van der Waals surface area contributed by atoms with Crippen molar-refractivity contribution >= 4 is 5.78 Å². The van der Waals surface area contributed by atoms with E-state index in [-0.39, 0.29) is 17.1 Å². The van der Waals surface area contributed by atoms with E-state index in [1.54, 1.807) is 6.92 Å². The van der Waals surface area contributed by atoms with Gasteiger partial charge in [0, 0.05) is 5.92 Å². The summed E-state index contributed by atoms with van der Waals surface area (Å²) in [4.78, 5) is 11.3. The molecule has 1 aliphatic carbocycles. The summed E-state index contributed by atoms with van der Waals surface area (Å²) in [6.07, 6.45) is 6.77. The lowest BCUT2D eigenvalue weighted by atomic mass is 9.72. The van der Waals surface area contributed by atoms with Crippen LogP contribution in [0.3, 0.4) is 0 Å². The number of carbonyl (C=O) groups is 1. The fourth-order valence-electron chi connectivity index (χ4n) is 2.15. The normalized spacial score (nSPS) is 24.9. The second kappa shape index (κ2) is 4.34. The smallest absolute Gasteiger partial charge is 0.136 e. The molecule has 0 aromatic heterocycles. The van der Waals surface area contributed by atoms with E-state index in [1.807, 2.05) is 6.92 Å². The SMILES string of the molecule is CC(=O)C(C)C=C1C(C)=CCCC1(C)C. The molecule has 1 atom stereocenters. The van der Waals surface area contributed by atoms with Crippen molar-refractivity contribution in [2.45, 2.75) is 47.5 Å². The first-order valence-electron chi connectivity index (χ1n) is 5.74. The van der Waals surface area contributed by atoms with E-state index in [9.17, 15) is 4.79 Å². The molecule has 0 saturated carbocycles. The summed E-state index contributed by atoms with van der Waals surface area (Å²) >= 11 is 0. The lowest BCUT2D eigenvalue weighted by molar-refractivity contribution is -0.118. The van der Waals surface area contributed by atoms with E-state index < -0.39 is 0 Å². The molecule has 1 rings (SSSR count). The number of allylic oxidation sites excluding steroid dienone is 4. The molecule has 0 amide bonds. The topological polar surface area (TPSA) is 17.1 Å². The Morgan fingerprint density at radius 1 is 1.53 bits per heavy atom. The van der Waals surface area contributed by atoms with Crippen molar-refractivity contribution in [2.24, 2.45) is 11.3 Å². The second-order valence-electron chi connectivity index (χ2n) is 5.29. The molecule has 0 heterocycles. The average Bonchev–Trinajstić information content (AvgIpc) is 2.10. The monoisotopic (exact) mass is 206 g/mol. The zero-order chi connectivity index (χ0) is 11.6. The summed E-state index contributed by atoms with van der Waals surface area (Å²) in [5.41, 5.74) is 2.93. The van der Waals surface area contributed by atoms with E-state index in [0.29, 0.717) is 0 Å². The molecular formula is C14H22O. The molecule has 0 N–H and O–H groups in total. The highest BCUT2D eigenvalue weighted by molar-refractivity contribution is 5.80. The van der Waals surface area contributed by atoms with Crippen LogP contribution in [0, 0.1) is 11.3 Å². The lowest BCUT2D eigenvalue weighted by Gasteiger charge is -2.33. The molecule has 0 aliphatic heterocycles. The fourth-order valence-corrected chi connectivity index (χ4v) is 2.15. The van der Waals surface area contributed by atoms with E-state index >= 15 is 0 Å². The van der Waals surface area contributed by atoms with Gasteiger partial charge >= 0.3 is 0 Å². The van der Waals surface area contributed by atoms with E-state index in [2.05, 4.69) is 32.9 Å². The summed E-state index contributed by atoms with van der Waals surface area (Å²) in [5.74, 6) is 0.289. The summed E-state index contributed by atoms with van der Waals surface area (Å²) in [7, 11) is 0. The zero-order valence-corrected chi connectivity index (χ0v) is 10.6. The molecule has 84 valence electrons. The van der Waals surface area contributed by atoms with Crippen molar-refractivity contribution in [2.75, 3.05) is 0 Å². The minimum atomic E-state index is 0.0423. The quantitative estimate of drug-likeness (QED) is 0.669. The van der Waals surface area contributed by atoms with Gasteiger partial charge in [-0.1, -0.05) is 38.5 Å². The first kappa shape index (κ1) is 12.2. The van der Waals surface area contributed by atoms with Gasteiger partial charge in [-0.25, -0.2) is 0 Å². The Morgan fingerprint density at radius 2 is 2.13 bits per heavy atom. The van der Waals surface area contributed by atoms with Crippen molar-refractivity contribution in [3.8, 4) is 0 Å². The van der Waals surface area contributed by atoms with E-state index in [0.717, 1.165) is 6.42 Å². The molecule has 0 bridgehead atoms. The number of hydrogen-bond acceptors (Lipinski definition) is 1. The van der Waals surface area contributed by atoms with Gasteiger partial charge in [-0.15, -0.1) is 0 Å². The Labute approximate surface area is 93.3 Å². The highest BCUT2D eigenvalue weighted by Crippen LogP contribution is 2.40. The number of carbonyl (C=O) groups excluding carboxylic acids is 1. The lowest BCUT2D eigenvalue weighted by Crippen LogP contribution is -2.20. The van der Waals surface area contributed by atoms with Crippen LogP contribution in [0.1, 0.15) is 47.5 Å². The average molecular weight is 206 g/mol. The van der Waals surface area contributed by atoms with Crippen LogP contribution in [0.25, 0.3) is 0 Å². The Bertz CT molecular complexity index is 318. The maximum absolute atomic E-state index is 11.3. The van der Waals surface area contributed by atoms with Crippen molar-refractivity contribution in [3.63, 3.8) is 0 Å². The first-order chi connectivity index (χ1) is 6.84. The van der Waals surface area contributed by atoms with Gasteiger partial charge in [0.1, 0.15) is 5.78 Å². The molecule has 0 spiro atoms. The van der Waals surface area contributed by atoms with Crippen LogP contribution in [-0.4, -0.2) is 5.78 Å². The standard InChI is InChI=1S/C14H22O/c1-10-7-6-8-14(4,5)13(10)9-11(2)12(3)15/h7,9,11H,6,8H2,1-5H3. The minimum Gasteiger partial charge on any atom is -0.299 e. The highest BCUT2D eigenvalue weighted by atomic mass is 16.1. The molecule has 0 aromatic rings. The fraction of sp³-hybridized carbons (Fsp3) is 0.643. The van der Waals surface area contributed by atoms with Gasteiger partial charge in [0.25, 0.3) is 0 Å². The van der Waals surface area contributed by atoms with E-state index in [4.69, 9.17) is 0 Å². The Kier molecular flexibility index (Phi) is 3.54. The predicted octanol–water partition coefficient (Wildman–Crippen LogP) is 3.90. The zero-order valence-electron chi connectivity index (χ0n) is 10.6. The van der Waals surface area contributed by atoms with E-state index in [1.165, 1.54) is 17.6 Å². The summed E-state index contributed by atoms with van der Waals surface area (Å²) in [6.45, 7) is 10.3. The molecule has 1 nitrogen and oxygen atoms in total. The molecule has 0 radical (unpaired) electrons. The predicted molar refractivity (Wildman–Crippen MR) is 64.7 cm³/mol. The van der Waals surface area contributed by atoms with Crippen LogP contribution in [0.15, 0.2) is 23.3 Å². The molecule has 1 aliphatic rings. The van der Waals surface area contributed by atoms with Gasteiger partial charge in [-0.2, -0.15) is 0 Å². The van der Waals surface area contributed by atoms with Gasteiger partial charge in [0.15, 0.2) is 0 Å².